The van der Waals surface area contributed by atoms with E-state index in [2.05, 4.69) is 24.0 Å². The van der Waals surface area contributed by atoms with Crippen molar-refractivity contribution in [2.45, 2.75) is 36.7 Å². The number of carbonyl (C=O) groups excluding carboxylic acids is 1. The molecule has 0 amide bonds. The molecule has 1 aliphatic heterocycles. The molecule has 0 unspecified atom stereocenters. The summed E-state index contributed by atoms with van der Waals surface area (Å²) in [4.78, 5) is 13.4. The average molecular weight is 270 g/mol. The second kappa shape index (κ2) is 5.17. The minimum atomic E-state index is -0.151. The van der Waals surface area contributed by atoms with E-state index < -0.39 is 0 Å². The molecular formula is C11H18N4O2S. The summed E-state index contributed by atoms with van der Waals surface area (Å²) >= 11 is 1.44. The molecule has 0 saturated carbocycles. The van der Waals surface area contributed by atoms with Crippen LogP contribution < -0.4 is 4.90 Å². The van der Waals surface area contributed by atoms with Crippen molar-refractivity contribution in [2.24, 2.45) is 0 Å². The van der Waals surface area contributed by atoms with Crippen LogP contribution in [0.3, 0.4) is 0 Å². The molecule has 1 atom stereocenters. The highest BCUT2D eigenvalue weighted by atomic mass is 32.2. The van der Waals surface area contributed by atoms with Crippen molar-refractivity contribution in [3.8, 4) is 0 Å². The van der Waals surface area contributed by atoms with Crippen LogP contribution in [0.2, 0.25) is 0 Å². The summed E-state index contributed by atoms with van der Waals surface area (Å²) in [6.07, 6.45) is 0.742. The number of nitrogens with zero attached hydrogens (tertiary/aromatic N) is 4. The van der Waals surface area contributed by atoms with Gasteiger partial charge in [0.1, 0.15) is 5.25 Å². The molecule has 6 nitrogen and oxygen atoms in total. The van der Waals surface area contributed by atoms with Gasteiger partial charge in [0.05, 0.1) is 6.61 Å². The largest absolute Gasteiger partial charge is 0.465 e. The van der Waals surface area contributed by atoms with E-state index in [1.54, 1.807) is 0 Å². The zero-order valence-electron chi connectivity index (χ0n) is 11.1. The van der Waals surface area contributed by atoms with Crippen molar-refractivity contribution < 1.29 is 9.53 Å². The maximum atomic E-state index is 11.5. The quantitative estimate of drug-likeness (QED) is 0.769. The fourth-order valence-corrected chi connectivity index (χ4v) is 2.94. The highest BCUT2D eigenvalue weighted by Crippen LogP contribution is 2.32. The van der Waals surface area contributed by atoms with Gasteiger partial charge in [-0.1, -0.05) is 11.8 Å². The van der Waals surface area contributed by atoms with E-state index in [-0.39, 0.29) is 17.3 Å². The highest BCUT2D eigenvalue weighted by molar-refractivity contribution is 8.00. The molecule has 0 radical (unpaired) electrons. The summed E-state index contributed by atoms with van der Waals surface area (Å²) in [7, 11) is 3.86. The SMILES string of the molecule is CC(C)n1c(S[C@H]2CCOC2=O)nnc1N(C)C. The molecule has 7 heteroatoms. The van der Waals surface area contributed by atoms with Gasteiger partial charge in [0.25, 0.3) is 0 Å². The Labute approximate surface area is 111 Å². The standard InChI is InChI=1S/C11H18N4O2S/c1-7(2)15-10(14(3)4)12-13-11(15)18-8-5-6-17-9(8)16/h7-8H,5-6H2,1-4H3/t8-/m0/s1. The lowest BCUT2D eigenvalue weighted by Crippen LogP contribution is -2.18. The fraction of sp³-hybridized carbons (Fsp3) is 0.727. The van der Waals surface area contributed by atoms with Gasteiger partial charge in [0.15, 0.2) is 5.16 Å². The number of aromatic nitrogens is 3. The molecule has 1 aromatic heterocycles. The van der Waals surface area contributed by atoms with Gasteiger partial charge in [0, 0.05) is 26.6 Å². The van der Waals surface area contributed by atoms with Crippen LogP contribution in [0.4, 0.5) is 5.95 Å². The number of hydrogen-bond acceptors (Lipinski definition) is 6. The zero-order chi connectivity index (χ0) is 13.3. The molecule has 1 aliphatic rings. The number of ether oxygens (including phenoxy) is 1. The van der Waals surface area contributed by atoms with Crippen LogP contribution in [0.25, 0.3) is 0 Å². The Bertz CT molecular complexity index is 444. The van der Waals surface area contributed by atoms with E-state index in [0.717, 1.165) is 17.5 Å². The topological polar surface area (TPSA) is 60.3 Å². The molecular weight excluding hydrogens is 252 g/mol. The molecule has 0 aliphatic carbocycles. The van der Waals surface area contributed by atoms with E-state index in [1.165, 1.54) is 11.8 Å². The maximum Gasteiger partial charge on any atom is 0.319 e. The Morgan fingerprint density at radius 1 is 1.44 bits per heavy atom. The lowest BCUT2D eigenvalue weighted by Gasteiger charge is -2.18. The van der Waals surface area contributed by atoms with Crippen LogP contribution >= 0.6 is 11.8 Å². The zero-order valence-corrected chi connectivity index (χ0v) is 11.9. The van der Waals surface area contributed by atoms with Crippen LogP contribution in [-0.4, -0.2) is 46.7 Å². The van der Waals surface area contributed by atoms with Gasteiger partial charge in [-0.15, -0.1) is 10.2 Å². The number of rotatable bonds is 4. The molecule has 0 N–H and O–H groups in total. The molecule has 1 saturated heterocycles. The number of hydrogen-bond donors (Lipinski definition) is 0. The molecule has 2 rings (SSSR count). The van der Waals surface area contributed by atoms with Crippen LogP contribution in [0.5, 0.6) is 0 Å². The predicted molar refractivity (Wildman–Crippen MR) is 70.0 cm³/mol. The minimum absolute atomic E-state index is 0.148. The Morgan fingerprint density at radius 3 is 2.67 bits per heavy atom. The van der Waals surface area contributed by atoms with Crippen molar-refractivity contribution in [1.29, 1.82) is 0 Å². The first-order chi connectivity index (χ1) is 8.50. The monoisotopic (exact) mass is 270 g/mol. The second-order valence-electron chi connectivity index (χ2n) is 4.70. The molecule has 0 aromatic carbocycles. The first-order valence-corrected chi connectivity index (χ1v) is 6.84. The van der Waals surface area contributed by atoms with Crippen molar-refractivity contribution >= 4 is 23.7 Å². The van der Waals surface area contributed by atoms with Crippen LogP contribution in [0.1, 0.15) is 26.3 Å². The summed E-state index contributed by atoms with van der Waals surface area (Å²) in [6.45, 7) is 4.66. The van der Waals surface area contributed by atoms with Crippen LogP contribution in [0.15, 0.2) is 5.16 Å². The highest BCUT2D eigenvalue weighted by Gasteiger charge is 2.30. The smallest absolute Gasteiger partial charge is 0.319 e. The fourth-order valence-electron chi connectivity index (χ4n) is 1.82. The van der Waals surface area contributed by atoms with Crippen molar-refractivity contribution in [2.75, 3.05) is 25.6 Å². The first-order valence-electron chi connectivity index (χ1n) is 5.96. The third-order valence-electron chi connectivity index (χ3n) is 2.70. The molecule has 0 spiro atoms. The van der Waals surface area contributed by atoms with Gasteiger partial charge < -0.3 is 9.64 Å². The van der Waals surface area contributed by atoms with Gasteiger partial charge in [-0.25, -0.2) is 0 Å². The van der Waals surface area contributed by atoms with Crippen LogP contribution in [-0.2, 0) is 9.53 Å². The summed E-state index contributed by atoms with van der Waals surface area (Å²) in [5.74, 6) is 0.656. The summed E-state index contributed by atoms with van der Waals surface area (Å²) in [6, 6.07) is 0.248. The van der Waals surface area contributed by atoms with Crippen molar-refractivity contribution in [1.82, 2.24) is 14.8 Å². The predicted octanol–water partition coefficient (Wildman–Crippen LogP) is 1.33. The average Bonchev–Trinajstić information content (AvgIpc) is 2.86. The van der Waals surface area contributed by atoms with Gasteiger partial charge in [0.2, 0.25) is 5.95 Å². The van der Waals surface area contributed by atoms with Gasteiger partial charge in [-0.3, -0.25) is 9.36 Å². The van der Waals surface area contributed by atoms with Gasteiger partial charge in [-0.05, 0) is 13.8 Å². The van der Waals surface area contributed by atoms with E-state index in [0.29, 0.717) is 6.61 Å². The molecule has 1 aromatic rings. The minimum Gasteiger partial charge on any atom is -0.465 e. The molecule has 1 fully saturated rings. The van der Waals surface area contributed by atoms with E-state index in [9.17, 15) is 4.79 Å². The third-order valence-corrected chi connectivity index (χ3v) is 3.90. The lowest BCUT2D eigenvalue weighted by atomic mass is 10.4. The number of carbonyl (C=O) groups is 1. The van der Waals surface area contributed by atoms with E-state index >= 15 is 0 Å². The summed E-state index contributed by atoms with van der Waals surface area (Å²) in [5, 5.41) is 8.98. The maximum absolute atomic E-state index is 11.5. The van der Waals surface area contributed by atoms with Gasteiger partial charge >= 0.3 is 5.97 Å². The molecule has 0 bridgehead atoms. The summed E-state index contributed by atoms with van der Waals surface area (Å²) in [5.41, 5.74) is 0. The molecule has 100 valence electrons. The number of esters is 1. The van der Waals surface area contributed by atoms with Gasteiger partial charge in [-0.2, -0.15) is 0 Å². The van der Waals surface area contributed by atoms with E-state index in [4.69, 9.17) is 4.74 Å². The second-order valence-corrected chi connectivity index (χ2v) is 5.87. The lowest BCUT2D eigenvalue weighted by molar-refractivity contribution is -0.137. The molecule has 2 heterocycles. The Morgan fingerprint density at radius 2 is 2.17 bits per heavy atom. The number of thioether (sulfide) groups is 1. The third kappa shape index (κ3) is 2.45. The van der Waals surface area contributed by atoms with Crippen LogP contribution in [0, 0.1) is 0 Å². The summed E-state index contributed by atoms with van der Waals surface area (Å²) < 4.78 is 7.00. The molecule has 18 heavy (non-hydrogen) atoms. The Hall–Kier alpha value is -1.24. The van der Waals surface area contributed by atoms with Crippen molar-refractivity contribution in [3.05, 3.63) is 0 Å². The first kappa shape index (κ1) is 13.2. The Kier molecular flexibility index (Phi) is 3.79. The number of cyclic esters (lactones) is 1. The number of anilines is 1. The van der Waals surface area contributed by atoms with E-state index in [1.807, 2.05) is 23.6 Å². The van der Waals surface area contributed by atoms with Crippen molar-refractivity contribution in [3.63, 3.8) is 0 Å². The Balaban J connectivity index is 2.24. The normalized spacial score (nSPS) is 19.4.